The Kier molecular flexibility index (Phi) is 6.02. The van der Waals surface area contributed by atoms with Crippen molar-refractivity contribution in [2.45, 2.75) is 6.92 Å². The zero-order chi connectivity index (χ0) is 20.9. The molecule has 1 aliphatic rings. The maximum absolute atomic E-state index is 12.7. The minimum Gasteiger partial charge on any atom is -0.379 e. The Labute approximate surface area is 175 Å². The van der Waals surface area contributed by atoms with Gasteiger partial charge in [0.25, 0.3) is 5.91 Å². The Balaban J connectivity index is 1.42. The molecular weight excluding hydrogens is 380 g/mol. The monoisotopic (exact) mass is 404 g/mol. The first-order valence-corrected chi connectivity index (χ1v) is 9.96. The van der Waals surface area contributed by atoms with Gasteiger partial charge in [0.15, 0.2) is 0 Å². The number of rotatable bonds is 5. The highest BCUT2D eigenvalue weighted by molar-refractivity contribution is 6.05. The van der Waals surface area contributed by atoms with Gasteiger partial charge in [-0.1, -0.05) is 24.3 Å². The SMILES string of the molecule is Cc1cc(C(=O)Nc2cccc(NC(=O)CN3CCOCC3)c2)nc2ccccc12. The highest BCUT2D eigenvalue weighted by Gasteiger charge is 2.15. The number of aryl methyl sites for hydroxylation is 1. The van der Waals surface area contributed by atoms with E-state index in [1.54, 1.807) is 30.3 Å². The number of aromatic nitrogens is 1. The normalized spacial score (nSPS) is 14.4. The van der Waals surface area contributed by atoms with Crippen molar-refractivity contribution in [2.75, 3.05) is 43.5 Å². The number of amides is 2. The third-order valence-electron chi connectivity index (χ3n) is 5.03. The Bertz CT molecular complexity index is 1080. The lowest BCUT2D eigenvalue weighted by Gasteiger charge is -2.25. The number of ether oxygens (including phenoxy) is 1. The van der Waals surface area contributed by atoms with Crippen molar-refractivity contribution in [3.05, 3.63) is 65.9 Å². The summed E-state index contributed by atoms with van der Waals surface area (Å²) in [6, 6.07) is 16.6. The van der Waals surface area contributed by atoms with E-state index in [1.165, 1.54) is 0 Å². The number of nitrogens with zero attached hydrogens (tertiary/aromatic N) is 2. The standard InChI is InChI=1S/C23H24N4O3/c1-16-13-21(26-20-8-3-2-7-19(16)20)23(29)25-18-6-4-5-17(14-18)24-22(28)15-27-9-11-30-12-10-27/h2-8,13-14H,9-12,15H2,1H3,(H,24,28)(H,25,29). The van der Waals surface area contributed by atoms with Crippen LogP contribution >= 0.6 is 0 Å². The summed E-state index contributed by atoms with van der Waals surface area (Å²) in [6.45, 7) is 5.09. The van der Waals surface area contributed by atoms with Gasteiger partial charge >= 0.3 is 0 Å². The second-order valence-corrected chi connectivity index (χ2v) is 7.31. The number of pyridine rings is 1. The summed E-state index contributed by atoms with van der Waals surface area (Å²) in [4.78, 5) is 31.6. The van der Waals surface area contributed by atoms with Gasteiger partial charge in [-0.05, 0) is 42.8 Å². The predicted octanol–water partition coefficient (Wildman–Crippen LogP) is 3.07. The van der Waals surface area contributed by atoms with Crippen LogP contribution in [0.3, 0.4) is 0 Å². The van der Waals surface area contributed by atoms with E-state index >= 15 is 0 Å². The van der Waals surface area contributed by atoms with Gasteiger partial charge in [0, 0.05) is 29.9 Å². The summed E-state index contributed by atoms with van der Waals surface area (Å²) in [5, 5.41) is 6.78. The van der Waals surface area contributed by atoms with E-state index in [2.05, 4.69) is 20.5 Å². The molecule has 1 aliphatic heterocycles. The molecule has 2 heterocycles. The number of anilines is 2. The van der Waals surface area contributed by atoms with Gasteiger partial charge in [0.1, 0.15) is 5.69 Å². The van der Waals surface area contributed by atoms with Crippen LogP contribution in [0.4, 0.5) is 11.4 Å². The minimum absolute atomic E-state index is 0.0906. The number of nitrogens with one attached hydrogen (secondary N) is 2. The number of fused-ring (bicyclic) bond motifs is 1. The predicted molar refractivity (Wildman–Crippen MR) is 117 cm³/mol. The molecule has 1 fully saturated rings. The van der Waals surface area contributed by atoms with Crippen molar-refractivity contribution in [2.24, 2.45) is 0 Å². The van der Waals surface area contributed by atoms with Crippen molar-refractivity contribution in [1.82, 2.24) is 9.88 Å². The van der Waals surface area contributed by atoms with Gasteiger partial charge in [-0.3, -0.25) is 14.5 Å². The third-order valence-corrected chi connectivity index (χ3v) is 5.03. The molecule has 0 spiro atoms. The van der Waals surface area contributed by atoms with Crippen LogP contribution in [-0.4, -0.2) is 54.5 Å². The maximum Gasteiger partial charge on any atom is 0.274 e. The van der Waals surface area contributed by atoms with E-state index in [0.717, 1.165) is 29.6 Å². The average Bonchev–Trinajstić information content (AvgIpc) is 2.74. The number of para-hydroxylation sites is 1. The maximum atomic E-state index is 12.7. The number of hydrogen-bond donors (Lipinski definition) is 2. The third kappa shape index (κ3) is 4.82. The fraction of sp³-hybridized carbons (Fsp3) is 0.261. The first-order chi connectivity index (χ1) is 14.6. The van der Waals surface area contributed by atoms with E-state index in [-0.39, 0.29) is 11.8 Å². The lowest BCUT2D eigenvalue weighted by atomic mass is 10.1. The summed E-state index contributed by atoms with van der Waals surface area (Å²) < 4.78 is 5.30. The molecule has 154 valence electrons. The van der Waals surface area contributed by atoms with Crippen molar-refractivity contribution >= 4 is 34.1 Å². The van der Waals surface area contributed by atoms with E-state index in [0.29, 0.717) is 36.8 Å². The second kappa shape index (κ2) is 9.02. The summed E-state index contributed by atoms with van der Waals surface area (Å²) >= 11 is 0. The Morgan fingerprint density at radius 1 is 1.00 bits per heavy atom. The Hall–Kier alpha value is -3.29. The largest absolute Gasteiger partial charge is 0.379 e. The van der Waals surface area contributed by atoms with E-state index < -0.39 is 0 Å². The van der Waals surface area contributed by atoms with Gasteiger partial charge in [-0.15, -0.1) is 0 Å². The summed E-state index contributed by atoms with van der Waals surface area (Å²) in [6.07, 6.45) is 0. The first-order valence-electron chi connectivity index (χ1n) is 9.96. The minimum atomic E-state index is -0.291. The van der Waals surface area contributed by atoms with Crippen molar-refractivity contribution in [3.63, 3.8) is 0 Å². The Morgan fingerprint density at radius 3 is 2.53 bits per heavy atom. The molecule has 0 saturated carbocycles. The van der Waals surface area contributed by atoms with Crippen LogP contribution in [0.15, 0.2) is 54.6 Å². The highest BCUT2D eigenvalue weighted by atomic mass is 16.5. The number of benzene rings is 2. The second-order valence-electron chi connectivity index (χ2n) is 7.31. The molecule has 30 heavy (non-hydrogen) atoms. The molecule has 2 N–H and O–H groups in total. The number of morpholine rings is 1. The van der Waals surface area contributed by atoms with Crippen LogP contribution in [0.25, 0.3) is 10.9 Å². The van der Waals surface area contributed by atoms with Gasteiger partial charge < -0.3 is 15.4 Å². The fourth-order valence-corrected chi connectivity index (χ4v) is 3.50. The van der Waals surface area contributed by atoms with Gasteiger partial charge in [-0.25, -0.2) is 4.98 Å². The molecule has 1 aromatic heterocycles. The molecule has 3 aromatic rings. The molecule has 0 atom stereocenters. The topological polar surface area (TPSA) is 83.6 Å². The number of hydrogen-bond acceptors (Lipinski definition) is 5. The lowest BCUT2D eigenvalue weighted by molar-refractivity contribution is -0.118. The van der Waals surface area contributed by atoms with E-state index in [4.69, 9.17) is 4.74 Å². The highest BCUT2D eigenvalue weighted by Crippen LogP contribution is 2.19. The van der Waals surface area contributed by atoms with Gasteiger partial charge in [-0.2, -0.15) is 0 Å². The summed E-state index contributed by atoms with van der Waals surface area (Å²) in [5.74, 6) is -0.382. The number of carbonyl (C=O) groups excluding carboxylic acids is 2. The Morgan fingerprint density at radius 2 is 1.73 bits per heavy atom. The first kappa shape index (κ1) is 20.0. The van der Waals surface area contributed by atoms with Gasteiger partial charge in [0.05, 0.1) is 25.3 Å². The molecule has 2 amide bonds. The molecule has 0 bridgehead atoms. The van der Waals surface area contributed by atoms with E-state index in [1.807, 2.05) is 31.2 Å². The molecule has 7 heteroatoms. The number of carbonyl (C=O) groups is 2. The van der Waals surface area contributed by atoms with Gasteiger partial charge in [0.2, 0.25) is 5.91 Å². The van der Waals surface area contributed by atoms with Crippen LogP contribution in [-0.2, 0) is 9.53 Å². The molecule has 2 aromatic carbocycles. The fourth-order valence-electron chi connectivity index (χ4n) is 3.50. The summed E-state index contributed by atoms with van der Waals surface area (Å²) in [5.41, 5.74) is 3.36. The van der Waals surface area contributed by atoms with Crippen LogP contribution in [0.1, 0.15) is 16.1 Å². The molecule has 4 rings (SSSR count). The molecule has 0 radical (unpaired) electrons. The zero-order valence-electron chi connectivity index (χ0n) is 16.9. The molecule has 1 saturated heterocycles. The van der Waals surface area contributed by atoms with Crippen molar-refractivity contribution in [1.29, 1.82) is 0 Å². The zero-order valence-corrected chi connectivity index (χ0v) is 16.9. The molecular formula is C23H24N4O3. The van der Waals surface area contributed by atoms with Crippen molar-refractivity contribution < 1.29 is 14.3 Å². The van der Waals surface area contributed by atoms with Crippen LogP contribution < -0.4 is 10.6 Å². The van der Waals surface area contributed by atoms with Crippen LogP contribution in [0.5, 0.6) is 0 Å². The van der Waals surface area contributed by atoms with Crippen molar-refractivity contribution in [3.8, 4) is 0 Å². The van der Waals surface area contributed by atoms with E-state index in [9.17, 15) is 9.59 Å². The quantitative estimate of drug-likeness (QED) is 0.683. The molecule has 7 nitrogen and oxygen atoms in total. The van der Waals surface area contributed by atoms with Crippen LogP contribution in [0, 0.1) is 6.92 Å². The molecule has 0 aliphatic carbocycles. The van der Waals surface area contributed by atoms with Crippen LogP contribution in [0.2, 0.25) is 0 Å². The lowest BCUT2D eigenvalue weighted by Crippen LogP contribution is -2.41. The smallest absolute Gasteiger partial charge is 0.274 e. The molecule has 0 unspecified atom stereocenters. The average molecular weight is 404 g/mol. The summed E-state index contributed by atoms with van der Waals surface area (Å²) in [7, 11) is 0.